The maximum atomic E-state index is 11.6. The molecular weight excluding hydrogens is 278 g/mol. The van der Waals surface area contributed by atoms with Crippen LogP contribution in [0.25, 0.3) is 0 Å². The van der Waals surface area contributed by atoms with Gasteiger partial charge < -0.3 is 15.2 Å². The van der Waals surface area contributed by atoms with E-state index in [1.54, 1.807) is 48.5 Å². The molecule has 2 N–H and O–H groups in total. The zero-order chi connectivity index (χ0) is 14.4. The molecule has 2 aromatic rings. The molecule has 5 heteroatoms. The number of phenols is 1. The molecule has 0 saturated heterocycles. The summed E-state index contributed by atoms with van der Waals surface area (Å²) in [7, 11) is 0. The van der Waals surface area contributed by atoms with E-state index in [9.17, 15) is 9.90 Å². The van der Waals surface area contributed by atoms with Crippen LogP contribution in [0, 0.1) is 0 Å². The van der Waals surface area contributed by atoms with Crippen LogP contribution < -0.4 is 10.1 Å². The number of halogens is 1. The van der Waals surface area contributed by atoms with E-state index in [4.69, 9.17) is 16.3 Å². The summed E-state index contributed by atoms with van der Waals surface area (Å²) in [6, 6.07) is 13.7. The summed E-state index contributed by atoms with van der Waals surface area (Å²) in [5, 5.41) is 12.8. The van der Waals surface area contributed by atoms with Crippen molar-refractivity contribution in [3.8, 4) is 11.5 Å². The predicted octanol–water partition coefficient (Wildman–Crippen LogP) is 2.74. The number of phenolic OH excluding ortho intramolecular Hbond substituents is 1. The van der Waals surface area contributed by atoms with E-state index in [0.717, 1.165) is 0 Å². The molecule has 0 radical (unpaired) electrons. The lowest BCUT2D eigenvalue weighted by atomic mass is 10.2. The summed E-state index contributed by atoms with van der Waals surface area (Å²) < 4.78 is 5.31. The number of hydrogen-bond donors (Lipinski definition) is 2. The molecule has 4 nitrogen and oxygen atoms in total. The maximum Gasteiger partial charge on any atom is 0.258 e. The first-order valence-corrected chi connectivity index (χ1v) is 6.45. The molecule has 0 aliphatic rings. The number of ether oxygens (including phenoxy) is 1. The lowest BCUT2D eigenvalue weighted by molar-refractivity contribution is -0.123. The summed E-state index contributed by atoms with van der Waals surface area (Å²) in [6.07, 6.45) is 0. The van der Waals surface area contributed by atoms with Crippen LogP contribution in [-0.2, 0) is 11.3 Å². The van der Waals surface area contributed by atoms with Crippen LogP contribution in [0.1, 0.15) is 5.56 Å². The number of benzene rings is 2. The van der Waals surface area contributed by atoms with Gasteiger partial charge >= 0.3 is 0 Å². The minimum atomic E-state index is -0.270. The SMILES string of the molecule is O=C(COc1cccc(Cl)c1)NCc1ccccc1O. The molecule has 0 spiro atoms. The minimum absolute atomic E-state index is 0.103. The van der Waals surface area contributed by atoms with E-state index in [1.807, 2.05) is 0 Å². The summed E-state index contributed by atoms with van der Waals surface area (Å²) in [6.45, 7) is 0.151. The molecule has 0 saturated carbocycles. The van der Waals surface area contributed by atoms with Gasteiger partial charge in [0.15, 0.2) is 6.61 Å². The van der Waals surface area contributed by atoms with Crippen LogP contribution >= 0.6 is 11.6 Å². The number of amides is 1. The molecule has 0 heterocycles. The lowest BCUT2D eigenvalue weighted by Crippen LogP contribution is -2.28. The van der Waals surface area contributed by atoms with Gasteiger partial charge in [0.05, 0.1) is 0 Å². The van der Waals surface area contributed by atoms with Gasteiger partial charge in [-0.05, 0) is 24.3 Å². The molecule has 104 valence electrons. The third kappa shape index (κ3) is 4.17. The largest absolute Gasteiger partial charge is 0.508 e. The zero-order valence-electron chi connectivity index (χ0n) is 10.7. The molecule has 2 aromatic carbocycles. The topological polar surface area (TPSA) is 58.6 Å². The van der Waals surface area contributed by atoms with Crippen LogP contribution in [-0.4, -0.2) is 17.6 Å². The monoisotopic (exact) mass is 291 g/mol. The van der Waals surface area contributed by atoms with Crippen molar-refractivity contribution < 1.29 is 14.6 Å². The van der Waals surface area contributed by atoms with Gasteiger partial charge in [0.25, 0.3) is 5.91 Å². The van der Waals surface area contributed by atoms with Crippen molar-refractivity contribution in [2.45, 2.75) is 6.54 Å². The quantitative estimate of drug-likeness (QED) is 0.890. The van der Waals surface area contributed by atoms with Crippen molar-refractivity contribution in [1.82, 2.24) is 5.32 Å². The van der Waals surface area contributed by atoms with Crippen LogP contribution in [0.15, 0.2) is 48.5 Å². The van der Waals surface area contributed by atoms with Gasteiger partial charge in [0, 0.05) is 17.1 Å². The average molecular weight is 292 g/mol. The van der Waals surface area contributed by atoms with E-state index in [-0.39, 0.29) is 24.8 Å². The molecule has 0 atom stereocenters. The Balaban J connectivity index is 1.80. The normalized spacial score (nSPS) is 10.1. The second kappa shape index (κ2) is 6.82. The van der Waals surface area contributed by atoms with E-state index >= 15 is 0 Å². The van der Waals surface area contributed by atoms with Crippen LogP contribution in [0.4, 0.5) is 0 Å². The first-order valence-electron chi connectivity index (χ1n) is 6.07. The summed E-state index contributed by atoms with van der Waals surface area (Å²) in [4.78, 5) is 11.6. The predicted molar refractivity (Wildman–Crippen MR) is 76.9 cm³/mol. The highest BCUT2D eigenvalue weighted by Gasteiger charge is 2.05. The van der Waals surface area contributed by atoms with Gasteiger partial charge in [-0.25, -0.2) is 0 Å². The molecule has 0 bridgehead atoms. The Kier molecular flexibility index (Phi) is 4.85. The van der Waals surface area contributed by atoms with E-state index < -0.39 is 0 Å². The first-order chi connectivity index (χ1) is 9.65. The number of carbonyl (C=O) groups is 1. The Morgan fingerprint density at radius 3 is 2.75 bits per heavy atom. The highest BCUT2D eigenvalue weighted by Crippen LogP contribution is 2.17. The first kappa shape index (κ1) is 14.2. The second-order valence-electron chi connectivity index (χ2n) is 4.15. The summed E-state index contributed by atoms with van der Waals surface area (Å²) in [5.41, 5.74) is 0.656. The Morgan fingerprint density at radius 2 is 2.00 bits per heavy atom. The standard InChI is InChI=1S/C15H14ClNO3/c16-12-5-3-6-13(8-12)20-10-15(19)17-9-11-4-1-2-7-14(11)18/h1-8,18H,9-10H2,(H,17,19). The Labute approximate surface area is 122 Å². The molecule has 0 unspecified atom stereocenters. The van der Waals surface area contributed by atoms with Crippen molar-refractivity contribution in [2.24, 2.45) is 0 Å². The van der Waals surface area contributed by atoms with Crippen LogP contribution in [0.5, 0.6) is 11.5 Å². The fourth-order valence-corrected chi connectivity index (χ4v) is 1.79. The highest BCUT2D eigenvalue weighted by molar-refractivity contribution is 6.30. The molecule has 0 aromatic heterocycles. The number of nitrogens with one attached hydrogen (secondary N) is 1. The van der Waals surface area contributed by atoms with Crippen molar-refractivity contribution >= 4 is 17.5 Å². The molecule has 0 aliphatic heterocycles. The molecular formula is C15H14ClNO3. The lowest BCUT2D eigenvalue weighted by Gasteiger charge is -2.08. The van der Waals surface area contributed by atoms with Crippen molar-refractivity contribution in [1.29, 1.82) is 0 Å². The van der Waals surface area contributed by atoms with Crippen LogP contribution in [0.2, 0.25) is 5.02 Å². The molecule has 0 fully saturated rings. The Bertz CT molecular complexity index is 601. The third-order valence-corrected chi connectivity index (χ3v) is 2.87. The average Bonchev–Trinajstić information content (AvgIpc) is 2.44. The fraction of sp³-hybridized carbons (Fsp3) is 0.133. The van der Waals surface area contributed by atoms with Crippen LogP contribution in [0.3, 0.4) is 0 Å². The third-order valence-electron chi connectivity index (χ3n) is 2.63. The minimum Gasteiger partial charge on any atom is -0.508 e. The Hall–Kier alpha value is -2.20. The Morgan fingerprint density at radius 1 is 1.20 bits per heavy atom. The number of carbonyl (C=O) groups excluding carboxylic acids is 1. The van der Waals surface area contributed by atoms with Gasteiger partial charge in [0.1, 0.15) is 11.5 Å². The second-order valence-corrected chi connectivity index (χ2v) is 4.59. The molecule has 1 amide bonds. The molecule has 20 heavy (non-hydrogen) atoms. The zero-order valence-corrected chi connectivity index (χ0v) is 11.4. The molecule has 0 aliphatic carbocycles. The van der Waals surface area contributed by atoms with E-state index in [2.05, 4.69) is 5.32 Å². The van der Waals surface area contributed by atoms with Crippen molar-refractivity contribution in [3.63, 3.8) is 0 Å². The van der Waals surface area contributed by atoms with Gasteiger partial charge in [-0.15, -0.1) is 0 Å². The molecule has 2 rings (SSSR count). The number of para-hydroxylation sites is 1. The number of aromatic hydroxyl groups is 1. The highest BCUT2D eigenvalue weighted by atomic mass is 35.5. The van der Waals surface area contributed by atoms with E-state index in [1.165, 1.54) is 0 Å². The van der Waals surface area contributed by atoms with Crippen molar-refractivity contribution in [3.05, 3.63) is 59.1 Å². The summed E-state index contributed by atoms with van der Waals surface area (Å²) >= 11 is 5.81. The van der Waals surface area contributed by atoms with Crippen molar-refractivity contribution in [2.75, 3.05) is 6.61 Å². The van der Waals surface area contributed by atoms with Gasteiger partial charge in [-0.3, -0.25) is 4.79 Å². The van der Waals surface area contributed by atoms with E-state index in [0.29, 0.717) is 16.3 Å². The smallest absolute Gasteiger partial charge is 0.258 e. The van der Waals surface area contributed by atoms with Gasteiger partial charge in [0.2, 0.25) is 0 Å². The van der Waals surface area contributed by atoms with Gasteiger partial charge in [-0.1, -0.05) is 35.9 Å². The maximum absolute atomic E-state index is 11.6. The number of hydrogen-bond acceptors (Lipinski definition) is 3. The fourth-order valence-electron chi connectivity index (χ4n) is 1.61. The number of rotatable bonds is 5. The van der Waals surface area contributed by atoms with Gasteiger partial charge in [-0.2, -0.15) is 0 Å². The summed E-state index contributed by atoms with van der Waals surface area (Å²) in [5.74, 6) is 0.423.